The Kier molecular flexibility index (Phi) is 13.6. The number of hydrogen-bond acceptors (Lipinski definition) is 12. The maximum atomic E-state index is 12.7. The van der Waals surface area contributed by atoms with E-state index < -0.39 is 35.6 Å². The summed E-state index contributed by atoms with van der Waals surface area (Å²) in [5, 5.41) is 55.5. The van der Waals surface area contributed by atoms with Crippen LogP contribution in [0.2, 0.25) is 0 Å². The standard InChI is InChI=1S/C43H61N5O7/c1-28(50)42-14-8-32-7-4-13-43(27-45-16-10-30-5-3-6-31(19-30)11-17-46-41(44)47-26-42)24-36(12-18-48-43)55-40-22-33(34(25-49)21-38(40)53)20-37(32)39(54-29(2)51)23-35(52)9-15-42/h3,5-6,19,21-22,28,32,35-37,39,45,48-50,52-53H,4,7,9-13,15-18,20,23-27H2,1-2H3,(H3,44,46,47). The summed E-state index contributed by atoms with van der Waals surface area (Å²) in [4.78, 5) is 17.4. The minimum Gasteiger partial charge on any atom is -0.504 e. The molecule has 1 fully saturated rings. The number of carbonyl (C=O) groups excluding carboxylic acids is 1. The number of piperidine rings is 1. The molecule has 6 rings (SSSR count). The van der Waals surface area contributed by atoms with E-state index in [1.165, 1.54) is 18.1 Å². The quantitative estimate of drug-likeness (QED) is 0.170. The van der Waals surface area contributed by atoms with Gasteiger partial charge < -0.3 is 51.6 Å². The zero-order valence-corrected chi connectivity index (χ0v) is 32.5. The van der Waals surface area contributed by atoms with Crippen molar-refractivity contribution >= 4 is 11.9 Å². The van der Waals surface area contributed by atoms with Gasteiger partial charge in [0.2, 0.25) is 0 Å². The van der Waals surface area contributed by atoms with Gasteiger partial charge in [-0.2, -0.15) is 0 Å². The molecule has 1 aliphatic carbocycles. The summed E-state index contributed by atoms with van der Waals surface area (Å²) in [5.41, 5.74) is 8.86. The van der Waals surface area contributed by atoms with Crippen LogP contribution in [-0.4, -0.2) is 95.0 Å². The third-order valence-electron chi connectivity index (χ3n) is 12.3. The van der Waals surface area contributed by atoms with Crippen LogP contribution in [0.3, 0.4) is 0 Å². The van der Waals surface area contributed by atoms with Crippen LogP contribution in [-0.2, 0) is 35.4 Å². The molecule has 8 atom stereocenters. The molecule has 9 N–H and O–H groups in total. The highest BCUT2D eigenvalue weighted by molar-refractivity contribution is 5.77. The molecule has 0 saturated carbocycles. The second-order valence-corrected chi connectivity index (χ2v) is 16.4. The zero-order chi connectivity index (χ0) is 39.0. The number of aromatic hydroxyl groups is 1. The molecular weight excluding hydrogens is 699 g/mol. The first-order valence-electron chi connectivity index (χ1n) is 20.2. The topological polar surface area (TPSA) is 191 Å². The van der Waals surface area contributed by atoms with E-state index in [1.807, 2.05) is 6.07 Å². The minimum atomic E-state index is -1.00. The number of nitrogens with one attached hydrogen (secondary N) is 3. The molecule has 55 heavy (non-hydrogen) atoms. The molecule has 0 radical (unpaired) electrons. The Morgan fingerprint density at radius 2 is 1.93 bits per heavy atom. The number of ether oxygens (including phenoxy) is 2. The lowest BCUT2D eigenvalue weighted by Gasteiger charge is -2.42. The van der Waals surface area contributed by atoms with E-state index in [0.29, 0.717) is 43.5 Å². The van der Waals surface area contributed by atoms with Gasteiger partial charge in [0.05, 0.1) is 30.8 Å². The Morgan fingerprint density at radius 3 is 2.69 bits per heavy atom. The zero-order valence-electron chi connectivity index (χ0n) is 32.5. The van der Waals surface area contributed by atoms with Gasteiger partial charge in [0.25, 0.3) is 0 Å². The number of aliphatic hydroxyl groups is 3. The highest BCUT2D eigenvalue weighted by atomic mass is 16.5. The van der Waals surface area contributed by atoms with Crippen molar-refractivity contribution in [3.05, 3.63) is 58.7 Å². The molecule has 12 nitrogen and oxygen atoms in total. The number of hydrogen-bond donors (Lipinski definition) is 8. The van der Waals surface area contributed by atoms with Gasteiger partial charge in [0.15, 0.2) is 17.5 Å². The predicted octanol–water partition coefficient (Wildman–Crippen LogP) is 2.85. The molecule has 4 aliphatic rings. The fraction of sp³-hybridized carbons (Fsp3) is 0.628. The van der Waals surface area contributed by atoms with Crippen LogP contribution in [0.4, 0.5) is 0 Å². The predicted molar refractivity (Wildman–Crippen MR) is 211 cm³/mol. The van der Waals surface area contributed by atoms with Gasteiger partial charge >= 0.3 is 5.97 Å². The average Bonchev–Trinajstić information content (AvgIpc) is 3.15. The Morgan fingerprint density at radius 1 is 1.13 bits per heavy atom. The third kappa shape index (κ3) is 10.5. The van der Waals surface area contributed by atoms with E-state index in [1.54, 1.807) is 13.0 Å². The fourth-order valence-electron chi connectivity index (χ4n) is 9.04. The maximum Gasteiger partial charge on any atom is 0.302 e. The third-order valence-corrected chi connectivity index (χ3v) is 12.3. The van der Waals surface area contributed by atoms with Crippen molar-refractivity contribution in [3.63, 3.8) is 0 Å². The molecule has 1 saturated heterocycles. The van der Waals surface area contributed by atoms with E-state index in [2.05, 4.69) is 52.1 Å². The van der Waals surface area contributed by atoms with Gasteiger partial charge in [-0.3, -0.25) is 9.79 Å². The van der Waals surface area contributed by atoms with Crippen LogP contribution in [0.5, 0.6) is 11.5 Å². The number of aliphatic hydroxyl groups excluding tert-OH is 3. The van der Waals surface area contributed by atoms with E-state index >= 15 is 0 Å². The molecule has 0 aromatic heterocycles. The Balaban J connectivity index is 1.49. The molecule has 8 bridgehead atoms. The highest BCUT2D eigenvalue weighted by Gasteiger charge is 2.41. The lowest BCUT2D eigenvalue weighted by Crippen LogP contribution is -2.59. The second-order valence-electron chi connectivity index (χ2n) is 16.4. The minimum absolute atomic E-state index is 0.0365. The maximum absolute atomic E-state index is 12.7. The molecule has 8 unspecified atom stereocenters. The van der Waals surface area contributed by atoms with Gasteiger partial charge in [-0.05, 0) is 106 Å². The summed E-state index contributed by atoms with van der Waals surface area (Å²) in [5.74, 6) is 6.54. The number of aliphatic imine (C=N–C) groups is 1. The molecular formula is C43H61N5O7. The van der Waals surface area contributed by atoms with Crippen LogP contribution >= 0.6 is 0 Å². The number of fused-ring (bicyclic) bond motifs is 8. The molecule has 300 valence electrons. The van der Waals surface area contributed by atoms with Crippen LogP contribution in [0.25, 0.3) is 0 Å². The SMILES string of the molecule is CC(=O)OC1CC(O)CCC2(C(C)O)C#CC3CCCC4(CNCCc5cccc(c5)CCNC(N)=NC2)CC(CCN4)Oc2cc(c(CO)cc2O)CC31. The average molecular weight is 760 g/mol. The van der Waals surface area contributed by atoms with Crippen LogP contribution in [0.1, 0.15) is 87.5 Å². The lowest BCUT2D eigenvalue weighted by atomic mass is 9.72. The van der Waals surface area contributed by atoms with Crippen molar-refractivity contribution in [2.75, 3.05) is 32.7 Å². The van der Waals surface area contributed by atoms with Crippen molar-refractivity contribution in [2.24, 2.45) is 28.0 Å². The first kappa shape index (κ1) is 40.8. The lowest BCUT2D eigenvalue weighted by molar-refractivity contribution is -0.152. The van der Waals surface area contributed by atoms with Crippen LogP contribution < -0.4 is 26.4 Å². The van der Waals surface area contributed by atoms with Gasteiger partial charge in [-0.15, -0.1) is 0 Å². The van der Waals surface area contributed by atoms with E-state index in [9.17, 15) is 25.2 Å². The summed E-state index contributed by atoms with van der Waals surface area (Å²) < 4.78 is 12.7. The fourth-order valence-corrected chi connectivity index (χ4v) is 9.04. The largest absolute Gasteiger partial charge is 0.504 e. The second kappa shape index (κ2) is 18.4. The Labute approximate surface area is 325 Å². The summed E-state index contributed by atoms with van der Waals surface area (Å²) in [6, 6.07) is 12.0. The van der Waals surface area contributed by atoms with Crippen molar-refractivity contribution in [1.29, 1.82) is 0 Å². The highest BCUT2D eigenvalue weighted by Crippen LogP contribution is 2.40. The van der Waals surface area contributed by atoms with Gasteiger partial charge in [-0.25, -0.2) is 0 Å². The van der Waals surface area contributed by atoms with Crippen LogP contribution in [0.15, 0.2) is 41.4 Å². The van der Waals surface area contributed by atoms with Crippen molar-refractivity contribution in [2.45, 2.75) is 121 Å². The first-order valence-corrected chi connectivity index (χ1v) is 20.2. The number of phenolic OH excluding ortho intramolecular Hbond substituents is 1. The molecule has 3 aliphatic heterocycles. The number of nitrogens with two attached hydrogens (primary N) is 1. The summed E-state index contributed by atoms with van der Waals surface area (Å²) in [7, 11) is 0. The normalized spacial score (nSPS) is 31.4. The van der Waals surface area contributed by atoms with Crippen molar-refractivity contribution < 1.29 is 34.7 Å². The molecule has 2 aromatic rings. The van der Waals surface area contributed by atoms with Gasteiger partial charge in [0.1, 0.15) is 12.2 Å². The molecule has 2 aromatic carbocycles. The number of esters is 1. The molecule has 12 heteroatoms. The van der Waals surface area contributed by atoms with Gasteiger partial charge in [0, 0.05) is 50.2 Å². The van der Waals surface area contributed by atoms with Crippen molar-refractivity contribution in [1.82, 2.24) is 16.0 Å². The number of benzene rings is 2. The smallest absolute Gasteiger partial charge is 0.302 e. The van der Waals surface area contributed by atoms with E-state index in [4.69, 9.17) is 20.2 Å². The number of nitrogens with zero attached hydrogens (tertiary/aromatic N) is 1. The van der Waals surface area contributed by atoms with E-state index in [0.717, 1.165) is 63.7 Å². The van der Waals surface area contributed by atoms with Crippen LogP contribution in [0, 0.1) is 29.1 Å². The Hall–Kier alpha value is -3.86. The monoisotopic (exact) mass is 759 g/mol. The summed E-state index contributed by atoms with van der Waals surface area (Å²) in [6.45, 7) is 5.80. The summed E-state index contributed by atoms with van der Waals surface area (Å²) >= 11 is 0. The molecule has 1 spiro atoms. The number of carbonyl (C=O) groups is 1. The number of phenols is 1. The number of rotatable bonds is 3. The summed E-state index contributed by atoms with van der Waals surface area (Å²) in [6.07, 6.45) is 4.04. The van der Waals surface area contributed by atoms with Gasteiger partial charge in [-0.1, -0.05) is 42.5 Å². The van der Waals surface area contributed by atoms with E-state index in [-0.39, 0.29) is 48.8 Å². The molecule has 3 heterocycles. The number of guanidine groups is 1. The molecule has 0 amide bonds. The Bertz CT molecular complexity index is 1720. The van der Waals surface area contributed by atoms with Crippen molar-refractivity contribution in [3.8, 4) is 23.3 Å². The first-order chi connectivity index (χ1) is 26.5.